The van der Waals surface area contributed by atoms with Crippen LogP contribution in [0.4, 0.5) is 17.1 Å². The van der Waals surface area contributed by atoms with Crippen LogP contribution in [0.25, 0.3) is 88.0 Å². The van der Waals surface area contributed by atoms with Crippen molar-refractivity contribution in [3.63, 3.8) is 0 Å². The van der Waals surface area contributed by atoms with E-state index >= 15 is 0 Å². The molecule has 346 valence electrons. The number of nitrogens with zero attached hydrogens (tertiary/aromatic N) is 1. The van der Waals surface area contributed by atoms with Crippen LogP contribution in [0.1, 0.15) is 44.5 Å². The number of fused-ring (bicyclic) bond motifs is 26. The molecule has 0 amide bonds. The van der Waals surface area contributed by atoms with E-state index in [9.17, 15) is 0 Å². The number of anilines is 3. The summed E-state index contributed by atoms with van der Waals surface area (Å²) in [4.78, 5) is 2.49. The van der Waals surface area contributed by atoms with Crippen molar-refractivity contribution in [3.8, 4) is 55.6 Å². The molecule has 1 heteroatoms. The SMILES string of the molecule is c1ccc2c(c1)-c1ccccc1C21c2ccccc2-c2cc(-c3ccc(N(c4ccc5c(c4)C4(c6ccccc6-c6ccccc64)c4ccccc4-5)c4ccc5c6ccccc6c6ccccc6c5c4)cc3)ccc21. The summed E-state index contributed by atoms with van der Waals surface area (Å²) in [6.07, 6.45) is 0. The Labute approximate surface area is 435 Å². The minimum absolute atomic E-state index is 0.363. The van der Waals surface area contributed by atoms with Crippen molar-refractivity contribution in [2.75, 3.05) is 4.90 Å². The minimum Gasteiger partial charge on any atom is -0.310 e. The Morgan fingerprint density at radius 1 is 0.187 bits per heavy atom. The molecule has 0 bridgehead atoms. The third-order valence-electron chi connectivity index (χ3n) is 17.7. The quantitative estimate of drug-likeness (QED) is 0.159. The Balaban J connectivity index is 0.861. The fraction of sp³-hybridized carbons (Fsp3) is 0.0270. The average molecular weight is 948 g/mol. The lowest BCUT2D eigenvalue weighted by Crippen LogP contribution is -2.26. The Hall–Kier alpha value is -9.56. The molecule has 0 fully saturated rings. The predicted octanol–water partition coefficient (Wildman–Crippen LogP) is 19.0. The van der Waals surface area contributed by atoms with Crippen LogP contribution in [0.3, 0.4) is 0 Å². The average Bonchev–Trinajstić information content (AvgIpc) is 4.36. The first kappa shape index (κ1) is 41.0. The van der Waals surface area contributed by atoms with E-state index < -0.39 is 5.41 Å². The summed E-state index contributed by atoms with van der Waals surface area (Å²) in [6, 6.07) is 103. The second-order valence-corrected chi connectivity index (χ2v) is 21.0. The summed E-state index contributed by atoms with van der Waals surface area (Å²) in [7, 11) is 0. The zero-order chi connectivity index (χ0) is 49.0. The smallest absolute Gasteiger partial charge is 0.0726 e. The van der Waals surface area contributed by atoms with Gasteiger partial charge in [-0.1, -0.05) is 231 Å². The number of benzene rings is 13. The van der Waals surface area contributed by atoms with Crippen LogP contribution in [0.2, 0.25) is 0 Å². The molecule has 2 spiro atoms. The van der Waals surface area contributed by atoms with Gasteiger partial charge in [0.1, 0.15) is 0 Å². The highest BCUT2D eigenvalue weighted by Gasteiger charge is 2.53. The van der Waals surface area contributed by atoms with Crippen molar-refractivity contribution in [2.24, 2.45) is 0 Å². The Morgan fingerprint density at radius 2 is 0.507 bits per heavy atom. The highest BCUT2D eigenvalue weighted by atomic mass is 15.1. The molecule has 4 aliphatic carbocycles. The summed E-state index contributed by atoms with van der Waals surface area (Å²) in [5, 5.41) is 7.59. The van der Waals surface area contributed by atoms with E-state index in [-0.39, 0.29) is 5.41 Å². The van der Waals surface area contributed by atoms with Gasteiger partial charge < -0.3 is 4.90 Å². The fourth-order valence-electron chi connectivity index (χ4n) is 14.8. The van der Waals surface area contributed by atoms with E-state index in [4.69, 9.17) is 0 Å². The monoisotopic (exact) mass is 947 g/mol. The first-order valence-electron chi connectivity index (χ1n) is 26.3. The van der Waals surface area contributed by atoms with Crippen molar-refractivity contribution in [2.45, 2.75) is 10.8 Å². The van der Waals surface area contributed by atoms with Gasteiger partial charge >= 0.3 is 0 Å². The predicted molar refractivity (Wildman–Crippen MR) is 312 cm³/mol. The Kier molecular flexibility index (Phi) is 8.20. The second kappa shape index (κ2) is 15.0. The molecular weight excluding hydrogens is 903 g/mol. The maximum atomic E-state index is 2.51. The molecule has 13 aromatic carbocycles. The molecule has 4 aliphatic rings. The van der Waals surface area contributed by atoms with Gasteiger partial charge in [-0.3, -0.25) is 0 Å². The van der Waals surface area contributed by atoms with E-state index in [1.54, 1.807) is 0 Å². The number of hydrogen-bond donors (Lipinski definition) is 0. The highest BCUT2D eigenvalue weighted by molar-refractivity contribution is 6.26. The summed E-state index contributed by atoms with van der Waals surface area (Å²) in [6.45, 7) is 0. The first-order chi connectivity index (χ1) is 37.2. The van der Waals surface area contributed by atoms with Crippen LogP contribution >= 0.6 is 0 Å². The zero-order valence-corrected chi connectivity index (χ0v) is 40.9. The molecule has 0 saturated heterocycles. The van der Waals surface area contributed by atoms with Crippen molar-refractivity contribution in [1.82, 2.24) is 0 Å². The van der Waals surface area contributed by atoms with E-state index in [2.05, 4.69) is 278 Å². The topological polar surface area (TPSA) is 3.24 Å². The largest absolute Gasteiger partial charge is 0.310 e. The standard InChI is InChI=1S/C74H45N/c1-2-19-53-51(17-1)52-18-3-4-20-54(52)63-44-49(38-40-55(53)63)75(50-39-41-62-60-25-9-15-31-69(60)74(72(62)45-50)67-29-13-7-23-58(67)59-24-8-14-30-68(59)74)48-36-33-46(34-37-48)47-35-42-71-64(43-47)61-26-10-16-32-70(61)73(71)65-27-11-5-21-56(65)57-22-6-12-28-66(57)73/h1-45H. The molecule has 0 N–H and O–H groups in total. The van der Waals surface area contributed by atoms with E-state index in [0.717, 1.165) is 17.1 Å². The molecule has 0 aromatic heterocycles. The van der Waals surface area contributed by atoms with E-state index in [1.165, 1.54) is 132 Å². The number of hydrogen-bond acceptors (Lipinski definition) is 1. The highest BCUT2D eigenvalue weighted by Crippen LogP contribution is 2.65. The van der Waals surface area contributed by atoms with E-state index in [1.807, 2.05) is 0 Å². The van der Waals surface area contributed by atoms with Crippen molar-refractivity contribution in [1.29, 1.82) is 0 Å². The Bertz CT molecular complexity index is 4470. The van der Waals surface area contributed by atoms with Gasteiger partial charge in [0.25, 0.3) is 0 Å². The molecule has 1 nitrogen and oxygen atoms in total. The van der Waals surface area contributed by atoms with Gasteiger partial charge in [0.2, 0.25) is 0 Å². The maximum absolute atomic E-state index is 2.51. The summed E-state index contributed by atoms with van der Waals surface area (Å²) < 4.78 is 0. The van der Waals surface area contributed by atoms with Gasteiger partial charge in [-0.2, -0.15) is 0 Å². The Morgan fingerprint density at radius 3 is 0.987 bits per heavy atom. The lowest BCUT2D eigenvalue weighted by atomic mass is 9.70. The van der Waals surface area contributed by atoms with Crippen molar-refractivity contribution < 1.29 is 0 Å². The van der Waals surface area contributed by atoms with Crippen LogP contribution < -0.4 is 4.90 Å². The third-order valence-corrected chi connectivity index (χ3v) is 17.7. The fourth-order valence-corrected chi connectivity index (χ4v) is 14.8. The molecule has 0 saturated carbocycles. The third kappa shape index (κ3) is 5.22. The molecule has 0 aliphatic heterocycles. The van der Waals surface area contributed by atoms with Crippen LogP contribution in [0.15, 0.2) is 273 Å². The van der Waals surface area contributed by atoms with Gasteiger partial charge in [0.15, 0.2) is 0 Å². The normalized spacial score (nSPS) is 14.1. The molecule has 0 heterocycles. The summed E-state index contributed by atoms with van der Waals surface area (Å²) in [5.74, 6) is 0. The lowest BCUT2D eigenvalue weighted by Gasteiger charge is -2.32. The lowest BCUT2D eigenvalue weighted by molar-refractivity contribution is 0.793. The minimum atomic E-state index is -0.462. The van der Waals surface area contributed by atoms with Gasteiger partial charge in [0, 0.05) is 17.1 Å². The molecule has 0 radical (unpaired) electrons. The zero-order valence-electron chi connectivity index (χ0n) is 40.9. The molecule has 0 atom stereocenters. The van der Waals surface area contributed by atoms with Crippen molar-refractivity contribution in [3.05, 3.63) is 317 Å². The second-order valence-electron chi connectivity index (χ2n) is 21.0. The van der Waals surface area contributed by atoms with Crippen LogP contribution in [0, 0.1) is 0 Å². The molecule has 0 unspecified atom stereocenters. The van der Waals surface area contributed by atoms with Gasteiger partial charge in [-0.05, 0) is 175 Å². The van der Waals surface area contributed by atoms with E-state index in [0.29, 0.717) is 0 Å². The molecular formula is C74H45N. The first-order valence-corrected chi connectivity index (χ1v) is 26.3. The van der Waals surface area contributed by atoms with Crippen LogP contribution in [0.5, 0.6) is 0 Å². The maximum Gasteiger partial charge on any atom is 0.0726 e. The van der Waals surface area contributed by atoms with Crippen LogP contribution in [-0.4, -0.2) is 0 Å². The van der Waals surface area contributed by atoms with Crippen LogP contribution in [-0.2, 0) is 10.8 Å². The number of rotatable bonds is 4. The van der Waals surface area contributed by atoms with Gasteiger partial charge in [-0.15, -0.1) is 0 Å². The van der Waals surface area contributed by atoms with Gasteiger partial charge in [-0.25, -0.2) is 0 Å². The molecule has 13 aromatic rings. The summed E-state index contributed by atoms with van der Waals surface area (Å²) >= 11 is 0. The molecule has 75 heavy (non-hydrogen) atoms. The molecule has 17 rings (SSSR count). The van der Waals surface area contributed by atoms with Gasteiger partial charge in [0.05, 0.1) is 10.8 Å². The summed E-state index contributed by atoms with van der Waals surface area (Å²) in [5.41, 5.74) is 26.2. The van der Waals surface area contributed by atoms with Crippen molar-refractivity contribution >= 4 is 49.4 Å².